The van der Waals surface area contributed by atoms with Crippen LogP contribution in [0.15, 0.2) is 48.5 Å². The molecule has 1 heteroatoms. The van der Waals surface area contributed by atoms with Gasteiger partial charge in [-0.3, -0.25) is 0 Å². The van der Waals surface area contributed by atoms with Crippen molar-refractivity contribution in [2.75, 3.05) is 0 Å². The largest absolute Gasteiger partial charge is 0.0625 e. The van der Waals surface area contributed by atoms with Gasteiger partial charge in [-0.25, -0.2) is 0 Å². The van der Waals surface area contributed by atoms with E-state index < -0.39 is 0 Å². The van der Waals surface area contributed by atoms with E-state index in [1.807, 2.05) is 0 Å². The van der Waals surface area contributed by atoms with Crippen molar-refractivity contribution in [1.82, 2.24) is 0 Å². The van der Waals surface area contributed by atoms with Crippen molar-refractivity contribution >= 4 is 10.2 Å². The molecule has 1 aliphatic carbocycles. The Morgan fingerprint density at radius 3 is 1.86 bits per heavy atom. The maximum absolute atomic E-state index is 2.39. The minimum Gasteiger partial charge on any atom is -0.0625 e. The standard InChI is InChI=1S/C20H26Si/c1-15-2-6-17(7-3-15)19-10-12-20(13-11-19)18-8-4-16(14-21)5-9-18/h4-5,8-13,15,17H,2-3,6-7,14H2,1,21H3. The molecule has 2 aromatic carbocycles. The predicted octanol–water partition coefficient (Wildman–Crippen LogP) is 4.51. The third-order valence-corrected chi connectivity index (χ3v) is 5.91. The lowest BCUT2D eigenvalue weighted by Gasteiger charge is -2.26. The van der Waals surface area contributed by atoms with Crippen LogP contribution in [-0.4, -0.2) is 10.2 Å². The molecule has 0 saturated heterocycles. The summed E-state index contributed by atoms with van der Waals surface area (Å²) in [7, 11) is 1.25. The van der Waals surface area contributed by atoms with Crippen LogP contribution in [-0.2, 0) is 6.04 Å². The average molecular weight is 295 g/mol. The highest BCUT2D eigenvalue weighted by Gasteiger charge is 2.19. The summed E-state index contributed by atoms with van der Waals surface area (Å²) >= 11 is 0. The first-order valence-corrected chi connectivity index (χ1v) is 9.87. The van der Waals surface area contributed by atoms with E-state index in [-0.39, 0.29) is 0 Å². The second-order valence-electron chi connectivity index (χ2n) is 6.63. The fraction of sp³-hybridized carbons (Fsp3) is 0.400. The van der Waals surface area contributed by atoms with Crippen molar-refractivity contribution in [2.24, 2.45) is 5.92 Å². The van der Waals surface area contributed by atoms with E-state index in [9.17, 15) is 0 Å². The molecule has 1 saturated carbocycles. The molecule has 0 amide bonds. The van der Waals surface area contributed by atoms with E-state index in [0.29, 0.717) is 0 Å². The van der Waals surface area contributed by atoms with Crippen LogP contribution in [0, 0.1) is 5.92 Å². The van der Waals surface area contributed by atoms with Gasteiger partial charge >= 0.3 is 0 Å². The number of rotatable bonds is 3. The summed E-state index contributed by atoms with van der Waals surface area (Å²) < 4.78 is 0. The van der Waals surface area contributed by atoms with Gasteiger partial charge in [0.2, 0.25) is 0 Å². The van der Waals surface area contributed by atoms with Gasteiger partial charge in [0.25, 0.3) is 0 Å². The lowest BCUT2D eigenvalue weighted by atomic mass is 9.79. The molecule has 0 nitrogen and oxygen atoms in total. The Hall–Kier alpha value is -1.34. The summed E-state index contributed by atoms with van der Waals surface area (Å²) in [6.07, 6.45) is 5.54. The van der Waals surface area contributed by atoms with Gasteiger partial charge in [-0.2, -0.15) is 0 Å². The monoisotopic (exact) mass is 294 g/mol. The maximum atomic E-state index is 2.39. The normalized spacial score (nSPS) is 22.3. The van der Waals surface area contributed by atoms with Crippen molar-refractivity contribution < 1.29 is 0 Å². The minimum atomic E-state index is 0.794. The average Bonchev–Trinajstić information content (AvgIpc) is 2.56. The summed E-state index contributed by atoms with van der Waals surface area (Å²) in [6, 6.07) is 19.7. The Morgan fingerprint density at radius 1 is 0.810 bits per heavy atom. The van der Waals surface area contributed by atoms with E-state index in [2.05, 4.69) is 55.5 Å². The van der Waals surface area contributed by atoms with E-state index in [4.69, 9.17) is 0 Å². The van der Waals surface area contributed by atoms with E-state index in [1.165, 1.54) is 58.7 Å². The van der Waals surface area contributed by atoms with Gasteiger partial charge in [0.05, 0.1) is 0 Å². The van der Waals surface area contributed by atoms with Crippen LogP contribution in [0.2, 0.25) is 0 Å². The topological polar surface area (TPSA) is 0 Å². The summed E-state index contributed by atoms with van der Waals surface area (Å²) in [4.78, 5) is 0. The molecule has 0 atom stereocenters. The van der Waals surface area contributed by atoms with Gasteiger partial charge in [-0.15, -0.1) is 0 Å². The van der Waals surface area contributed by atoms with Gasteiger partial charge in [0.15, 0.2) is 0 Å². The first-order chi connectivity index (χ1) is 10.3. The second-order valence-corrected chi connectivity index (χ2v) is 7.34. The molecule has 0 bridgehead atoms. The van der Waals surface area contributed by atoms with E-state index in [0.717, 1.165) is 11.8 Å². The van der Waals surface area contributed by atoms with Crippen LogP contribution in [0.25, 0.3) is 11.1 Å². The second kappa shape index (κ2) is 6.61. The van der Waals surface area contributed by atoms with Gasteiger partial charge in [-0.1, -0.05) is 73.9 Å². The van der Waals surface area contributed by atoms with Crippen molar-refractivity contribution in [3.05, 3.63) is 59.7 Å². The number of benzene rings is 2. The van der Waals surface area contributed by atoms with Crippen LogP contribution in [0.4, 0.5) is 0 Å². The van der Waals surface area contributed by atoms with Gasteiger partial charge in [-0.05, 0) is 47.4 Å². The van der Waals surface area contributed by atoms with Crippen LogP contribution >= 0.6 is 0 Å². The van der Waals surface area contributed by atoms with Crippen LogP contribution in [0.3, 0.4) is 0 Å². The molecule has 3 rings (SSSR count). The highest BCUT2D eigenvalue weighted by atomic mass is 28.1. The van der Waals surface area contributed by atoms with Gasteiger partial charge in [0, 0.05) is 10.2 Å². The summed E-state index contributed by atoms with van der Waals surface area (Å²) in [5, 5.41) is 0. The first-order valence-electron chi connectivity index (χ1n) is 8.45. The van der Waals surface area contributed by atoms with E-state index >= 15 is 0 Å². The lowest BCUT2D eigenvalue weighted by Crippen LogP contribution is -2.10. The molecule has 0 N–H and O–H groups in total. The molecule has 0 heterocycles. The van der Waals surface area contributed by atoms with Crippen molar-refractivity contribution in [1.29, 1.82) is 0 Å². The van der Waals surface area contributed by atoms with Gasteiger partial charge in [0.1, 0.15) is 0 Å². The predicted molar refractivity (Wildman–Crippen MR) is 95.9 cm³/mol. The van der Waals surface area contributed by atoms with Crippen molar-refractivity contribution in [3.63, 3.8) is 0 Å². The van der Waals surface area contributed by atoms with Crippen molar-refractivity contribution in [2.45, 2.75) is 44.6 Å². The lowest BCUT2D eigenvalue weighted by molar-refractivity contribution is 0.348. The zero-order valence-corrected chi connectivity index (χ0v) is 15.3. The van der Waals surface area contributed by atoms with Gasteiger partial charge < -0.3 is 0 Å². The van der Waals surface area contributed by atoms with Crippen LogP contribution < -0.4 is 0 Å². The molecule has 1 aliphatic rings. The molecule has 0 aromatic heterocycles. The minimum absolute atomic E-state index is 0.794. The van der Waals surface area contributed by atoms with Crippen LogP contribution in [0.1, 0.15) is 49.7 Å². The Kier molecular flexibility index (Phi) is 4.59. The van der Waals surface area contributed by atoms with Crippen LogP contribution in [0.5, 0.6) is 0 Å². The molecule has 0 unspecified atom stereocenters. The number of hydrogen-bond donors (Lipinski definition) is 0. The molecule has 21 heavy (non-hydrogen) atoms. The first kappa shape index (κ1) is 14.6. The number of hydrogen-bond acceptors (Lipinski definition) is 0. The summed E-state index contributed by atoms with van der Waals surface area (Å²) in [5.74, 6) is 1.73. The van der Waals surface area contributed by atoms with Crippen molar-refractivity contribution in [3.8, 4) is 11.1 Å². The Bertz CT molecular complexity index is 560. The Balaban J connectivity index is 1.74. The smallest absolute Gasteiger partial charge is 0.00833 e. The molecular weight excluding hydrogens is 268 g/mol. The Morgan fingerprint density at radius 2 is 1.33 bits per heavy atom. The Labute approximate surface area is 132 Å². The summed E-state index contributed by atoms with van der Waals surface area (Å²) in [5.41, 5.74) is 5.71. The molecular formula is C20H26Si. The zero-order chi connectivity index (χ0) is 14.7. The molecule has 0 radical (unpaired) electrons. The highest BCUT2D eigenvalue weighted by molar-refractivity contribution is 6.08. The fourth-order valence-electron chi connectivity index (χ4n) is 3.47. The highest BCUT2D eigenvalue weighted by Crippen LogP contribution is 2.36. The molecule has 0 spiro atoms. The molecule has 1 fully saturated rings. The zero-order valence-electron chi connectivity index (χ0n) is 13.3. The van der Waals surface area contributed by atoms with E-state index in [1.54, 1.807) is 5.56 Å². The molecule has 2 aromatic rings. The third kappa shape index (κ3) is 3.46. The maximum Gasteiger partial charge on any atom is 0.00833 e. The SMILES string of the molecule is CC1CCC(c2ccc(-c3ccc(C[SiH3])cc3)cc2)CC1. The fourth-order valence-corrected chi connectivity index (χ4v) is 3.95. The third-order valence-electron chi connectivity index (χ3n) is 5.09. The summed E-state index contributed by atoms with van der Waals surface area (Å²) in [6.45, 7) is 2.39. The quantitative estimate of drug-likeness (QED) is 0.731. The molecule has 110 valence electrons. The molecule has 0 aliphatic heterocycles.